The fourth-order valence-corrected chi connectivity index (χ4v) is 3.36. The molecule has 1 aliphatic heterocycles. The van der Waals surface area contributed by atoms with Crippen LogP contribution in [0.15, 0.2) is 5.38 Å². The zero-order chi connectivity index (χ0) is 13.2. The number of nitrogens with zero attached hydrogens (tertiary/aromatic N) is 1. The van der Waals surface area contributed by atoms with Crippen LogP contribution < -0.4 is 5.32 Å². The van der Waals surface area contributed by atoms with Gasteiger partial charge in [-0.3, -0.25) is 0 Å². The number of ether oxygens (including phenoxy) is 1. The SMILES string of the molecule is CNC(Cc1nc(C(C)(C)C)cs1)C1CCCO1. The molecule has 0 aromatic carbocycles. The maximum atomic E-state index is 5.77. The summed E-state index contributed by atoms with van der Waals surface area (Å²) in [5.74, 6) is 0. The molecule has 18 heavy (non-hydrogen) atoms. The van der Waals surface area contributed by atoms with E-state index in [2.05, 4.69) is 31.5 Å². The first-order chi connectivity index (χ1) is 8.50. The maximum absolute atomic E-state index is 5.77. The molecule has 0 radical (unpaired) electrons. The van der Waals surface area contributed by atoms with Gasteiger partial charge in [0.1, 0.15) is 0 Å². The van der Waals surface area contributed by atoms with Crippen LogP contribution in [0.5, 0.6) is 0 Å². The van der Waals surface area contributed by atoms with Crippen molar-refractivity contribution in [3.8, 4) is 0 Å². The van der Waals surface area contributed by atoms with E-state index in [4.69, 9.17) is 9.72 Å². The maximum Gasteiger partial charge on any atom is 0.0945 e. The fraction of sp³-hybridized carbons (Fsp3) is 0.786. The average molecular weight is 268 g/mol. The van der Waals surface area contributed by atoms with Gasteiger partial charge in [-0.1, -0.05) is 20.8 Å². The molecule has 1 fully saturated rings. The Hall–Kier alpha value is -0.450. The van der Waals surface area contributed by atoms with Crippen LogP contribution in [0.4, 0.5) is 0 Å². The van der Waals surface area contributed by atoms with Crippen molar-refractivity contribution < 1.29 is 4.74 Å². The van der Waals surface area contributed by atoms with E-state index in [9.17, 15) is 0 Å². The molecule has 0 aliphatic carbocycles. The lowest BCUT2D eigenvalue weighted by Gasteiger charge is -2.21. The van der Waals surface area contributed by atoms with Crippen molar-refractivity contribution in [1.29, 1.82) is 0 Å². The van der Waals surface area contributed by atoms with Crippen molar-refractivity contribution in [3.63, 3.8) is 0 Å². The van der Waals surface area contributed by atoms with E-state index >= 15 is 0 Å². The van der Waals surface area contributed by atoms with Crippen LogP contribution in [0, 0.1) is 0 Å². The molecule has 0 bridgehead atoms. The molecule has 2 atom stereocenters. The average Bonchev–Trinajstić information content (AvgIpc) is 2.95. The second kappa shape index (κ2) is 5.68. The predicted molar refractivity (Wildman–Crippen MR) is 76.3 cm³/mol. The molecule has 4 heteroatoms. The van der Waals surface area contributed by atoms with Crippen LogP contribution in [0.25, 0.3) is 0 Å². The highest BCUT2D eigenvalue weighted by Gasteiger charge is 2.26. The molecular formula is C14H24N2OS. The number of hydrogen-bond donors (Lipinski definition) is 1. The van der Waals surface area contributed by atoms with Gasteiger partial charge in [-0.25, -0.2) is 4.98 Å². The molecule has 1 saturated heterocycles. The third-order valence-corrected chi connectivity index (χ3v) is 4.37. The number of rotatable bonds is 4. The van der Waals surface area contributed by atoms with Crippen molar-refractivity contribution in [2.24, 2.45) is 0 Å². The van der Waals surface area contributed by atoms with E-state index in [1.165, 1.54) is 23.5 Å². The summed E-state index contributed by atoms with van der Waals surface area (Å²) in [7, 11) is 2.02. The minimum absolute atomic E-state index is 0.147. The minimum atomic E-state index is 0.147. The smallest absolute Gasteiger partial charge is 0.0945 e. The highest BCUT2D eigenvalue weighted by atomic mass is 32.1. The Morgan fingerprint density at radius 3 is 2.83 bits per heavy atom. The van der Waals surface area contributed by atoms with E-state index < -0.39 is 0 Å². The van der Waals surface area contributed by atoms with Gasteiger partial charge >= 0.3 is 0 Å². The molecule has 102 valence electrons. The highest BCUT2D eigenvalue weighted by Crippen LogP contribution is 2.25. The van der Waals surface area contributed by atoms with Crippen molar-refractivity contribution in [2.75, 3.05) is 13.7 Å². The van der Waals surface area contributed by atoms with Crippen LogP contribution in [0.3, 0.4) is 0 Å². The van der Waals surface area contributed by atoms with Crippen LogP contribution in [-0.4, -0.2) is 30.8 Å². The second-order valence-electron chi connectivity index (χ2n) is 6.03. The number of thiazole rings is 1. The Bertz CT molecular complexity index is 377. The lowest BCUT2D eigenvalue weighted by Crippen LogP contribution is -2.39. The van der Waals surface area contributed by atoms with Crippen LogP contribution in [-0.2, 0) is 16.6 Å². The van der Waals surface area contributed by atoms with E-state index in [-0.39, 0.29) is 5.41 Å². The monoisotopic (exact) mass is 268 g/mol. The first kappa shape index (κ1) is 14.0. The predicted octanol–water partition coefficient (Wildman–Crippen LogP) is 2.75. The largest absolute Gasteiger partial charge is 0.377 e. The van der Waals surface area contributed by atoms with Gasteiger partial charge in [-0.15, -0.1) is 11.3 Å². The number of aromatic nitrogens is 1. The molecule has 2 heterocycles. The summed E-state index contributed by atoms with van der Waals surface area (Å²) in [6, 6.07) is 0.395. The minimum Gasteiger partial charge on any atom is -0.377 e. The Kier molecular flexibility index (Phi) is 4.41. The summed E-state index contributed by atoms with van der Waals surface area (Å²) < 4.78 is 5.77. The molecule has 0 saturated carbocycles. The van der Waals surface area contributed by atoms with Gasteiger partial charge in [-0.2, -0.15) is 0 Å². The topological polar surface area (TPSA) is 34.2 Å². The van der Waals surface area contributed by atoms with Gasteiger partial charge < -0.3 is 10.1 Å². The molecule has 1 aromatic rings. The molecule has 1 N–H and O–H groups in total. The first-order valence-electron chi connectivity index (χ1n) is 6.74. The summed E-state index contributed by atoms with van der Waals surface area (Å²) in [5.41, 5.74) is 1.35. The summed E-state index contributed by atoms with van der Waals surface area (Å²) in [6.45, 7) is 7.54. The zero-order valence-corrected chi connectivity index (χ0v) is 12.6. The quantitative estimate of drug-likeness (QED) is 0.912. The van der Waals surface area contributed by atoms with E-state index in [1.54, 1.807) is 11.3 Å². The van der Waals surface area contributed by atoms with E-state index in [0.29, 0.717) is 12.1 Å². The third-order valence-electron chi connectivity index (χ3n) is 3.50. The lowest BCUT2D eigenvalue weighted by atomic mass is 9.93. The summed E-state index contributed by atoms with van der Waals surface area (Å²) in [4.78, 5) is 4.76. The Morgan fingerprint density at radius 2 is 2.33 bits per heavy atom. The van der Waals surface area contributed by atoms with Gasteiger partial charge in [0.2, 0.25) is 0 Å². The molecule has 0 amide bonds. The Morgan fingerprint density at radius 1 is 1.56 bits per heavy atom. The van der Waals surface area contributed by atoms with Crippen molar-refractivity contribution >= 4 is 11.3 Å². The van der Waals surface area contributed by atoms with Crippen molar-refractivity contribution in [1.82, 2.24) is 10.3 Å². The Labute approximate surface area is 114 Å². The molecule has 1 aromatic heterocycles. The van der Waals surface area contributed by atoms with Gasteiger partial charge in [-0.05, 0) is 19.9 Å². The Balaban J connectivity index is 2.01. The number of hydrogen-bond acceptors (Lipinski definition) is 4. The zero-order valence-electron chi connectivity index (χ0n) is 11.8. The molecule has 1 aliphatic rings. The highest BCUT2D eigenvalue weighted by molar-refractivity contribution is 7.09. The third kappa shape index (κ3) is 3.31. The molecular weight excluding hydrogens is 244 g/mol. The molecule has 2 rings (SSSR count). The lowest BCUT2D eigenvalue weighted by molar-refractivity contribution is 0.0808. The normalized spacial score (nSPS) is 22.3. The summed E-state index contributed by atoms with van der Waals surface area (Å²) in [6.07, 6.45) is 3.69. The molecule has 2 unspecified atom stereocenters. The first-order valence-corrected chi connectivity index (χ1v) is 7.62. The van der Waals surface area contributed by atoms with Crippen molar-refractivity contribution in [2.45, 2.75) is 57.6 Å². The molecule has 3 nitrogen and oxygen atoms in total. The number of nitrogens with one attached hydrogen (secondary N) is 1. The van der Waals surface area contributed by atoms with Crippen molar-refractivity contribution in [3.05, 3.63) is 16.1 Å². The van der Waals surface area contributed by atoms with Gasteiger partial charge in [0.25, 0.3) is 0 Å². The second-order valence-corrected chi connectivity index (χ2v) is 6.97. The standard InChI is InChI=1S/C14H24N2OS/c1-14(2,3)12-9-18-13(16-12)8-10(15-4)11-6-5-7-17-11/h9-11,15H,5-8H2,1-4H3. The summed E-state index contributed by atoms with van der Waals surface area (Å²) in [5, 5.41) is 6.79. The van der Waals surface area contributed by atoms with Crippen LogP contribution in [0.1, 0.15) is 44.3 Å². The fourth-order valence-electron chi connectivity index (χ4n) is 2.28. The van der Waals surface area contributed by atoms with Crippen LogP contribution >= 0.6 is 11.3 Å². The van der Waals surface area contributed by atoms with E-state index in [1.807, 2.05) is 7.05 Å². The molecule has 0 spiro atoms. The summed E-state index contributed by atoms with van der Waals surface area (Å²) >= 11 is 1.77. The van der Waals surface area contributed by atoms with Gasteiger partial charge in [0.15, 0.2) is 0 Å². The van der Waals surface area contributed by atoms with Crippen LogP contribution in [0.2, 0.25) is 0 Å². The van der Waals surface area contributed by atoms with E-state index in [0.717, 1.165) is 13.0 Å². The number of likely N-dealkylation sites (N-methyl/N-ethyl adjacent to an activating group) is 1. The van der Waals surface area contributed by atoms with Gasteiger partial charge in [0.05, 0.1) is 16.8 Å². The van der Waals surface area contributed by atoms with Gasteiger partial charge in [0, 0.05) is 29.9 Å².